The van der Waals surface area contributed by atoms with Gasteiger partial charge in [-0.25, -0.2) is 0 Å². The van der Waals surface area contributed by atoms with Crippen LogP contribution in [0.25, 0.3) is 0 Å². The molecule has 0 atom stereocenters. The monoisotopic (exact) mass is 249 g/mol. The fourth-order valence-corrected chi connectivity index (χ4v) is 3.30. The molecule has 0 saturated heterocycles. The van der Waals surface area contributed by atoms with Crippen molar-refractivity contribution >= 4 is 28.6 Å². The molecule has 2 heterocycles. The summed E-state index contributed by atoms with van der Waals surface area (Å²) in [4.78, 5) is 3.76. The first kappa shape index (κ1) is 10.2. The lowest BCUT2D eigenvalue weighted by molar-refractivity contribution is 0.846. The second-order valence-corrected chi connectivity index (χ2v) is 5.81. The van der Waals surface area contributed by atoms with Gasteiger partial charge >= 0.3 is 0 Å². The van der Waals surface area contributed by atoms with Gasteiger partial charge in [-0.2, -0.15) is 0 Å². The molecule has 16 heavy (non-hydrogen) atoms. The summed E-state index contributed by atoms with van der Waals surface area (Å²) < 4.78 is 0.877. The zero-order valence-corrected chi connectivity index (χ0v) is 10.4. The predicted molar refractivity (Wildman–Crippen MR) is 70.5 cm³/mol. The van der Waals surface area contributed by atoms with Gasteiger partial charge in [0, 0.05) is 17.1 Å². The van der Waals surface area contributed by atoms with Crippen LogP contribution in [0.4, 0.5) is 5.69 Å². The minimum absolute atomic E-state index is 0.877. The Hall–Kier alpha value is -0.990. The highest BCUT2D eigenvalue weighted by Crippen LogP contribution is 2.31. The van der Waals surface area contributed by atoms with E-state index >= 15 is 0 Å². The van der Waals surface area contributed by atoms with E-state index < -0.39 is 0 Å². The highest BCUT2D eigenvalue weighted by molar-refractivity contribution is 7.16. The first-order valence-electron chi connectivity index (χ1n) is 5.40. The molecule has 0 aliphatic carbocycles. The van der Waals surface area contributed by atoms with Crippen molar-refractivity contribution in [3.05, 3.63) is 51.2 Å². The van der Waals surface area contributed by atoms with Crippen molar-refractivity contribution in [3.8, 4) is 0 Å². The first-order chi connectivity index (χ1) is 7.83. The van der Waals surface area contributed by atoms with Gasteiger partial charge in [0.15, 0.2) is 0 Å². The molecule has 0 unspecified atom stereocenters. The Morgan fingerprint density at radius 1 is 1.19 bits per heavy atom. The maximum absolute atomic E-state index is 5.95. The van der Waals surface area contributed by atoms with Gasteiger partial charge in [-0.05, 0) is 30.2 Å². The second kappa shape index (κ2) is 4.11. The third-order valence-electron chi connectivity index (χ3n) is 2.96. The van der Waals surface area contributed by atoms with Crippen LogP contribution in [-0.4, -0.2) is 6.54 Å². The fraction of sp³-hybridized carbons (Fsp3) is 0.231. The topological polar surface area (TPSA) is 3.24 Å². The van der Waals surface area contributed by atoms with E-state index in [2.05, 4.69) is 35.2 Å². The first-order valence-corrected chi connectivity index (χ1v) is 6.59. The molecule has 1 aromatic heterocycles. The summed E-state index contributed by atoms with van der Waals surface area (Å²) >= 11 is 7.62. The molecule has 3 heteroatoms. The molecule has 0 fully saturated rings. The van der Waals surface area contributed by atoms with Crippen LogP contribution in [0.1, 0.15) is 10.4 Å². The molecule has 2 aromatic rings. The lowest BCUT2D eigenvalue weighted by atomic mass is 10.2. The SMILES string of the molecule is Clc1ccc(CN2CCc3ccccc32)s1. The van der Waals surface area contributed by atoms with Crippen LogP contribution in [0.2, 0.25) is 4.34 Å². The summed E-state index contributed by atoms with van der Waals surface area (Å²) in [7, 11) is 0. The van der Waals surface area contributed by atoms with Crippen molar-refractivity contribution in [2.75, 3.05) is 11.4 Å². The molecule has 1 nitrogen and oxygen atoms in total. The average Bonchev–Trinajstić information content (AvgIpc) is 2.87. The van der Waals surface area contributed by atoms with Gasteiger partial charge in [-0.15, -0.1) is 11.3 Å². The van der Waals surface area contributed by atoms with Crippen molar-refractivity contribution in [2.24, 2.45) is 0 Å². The maximum atomic E-state index is 5.95. The zero-order chi connectivity index (χ0) is 11.0. The van der Waals surface area contributed by atoms with Gasteiger partial charge in [0.25, 0.3) is 0 Å². The van der Waals surface area contributed by atoms with Crippen molar-refractivity contribution in [1.82, 2.24) is 0 Å². The molecule has 0 bridgehead atoms. The van der Waals surface area contributed by atoms with Crippen LogP contribution >= 0.6 is 22.9 Å². The van der Waals surface area contributed by atoms with E-state index in [9.17, 15) is 0 Å². The smallest absolute Gasteiger partial charge is 0.0931 e. The number of benzene rings is 1. The average molecular weight is 250 g/mol. The second-order valence-electron chi connectivity index (χ2n) is 4.01. The molecular formula is C13H12ClNS. The quantitative estimate of drug-likeness (QED) is 0.779. The number of anilines is 1. The Morgan fingerprint density at radius 2 is 2.06 bits per heavy atom. The van der Waals surface area contributed by atoms with E-state index in [1.54, 1.807) is 11.3 Å². The van der Waals surface area contributed by atoms with Crippen molar-refractivity contribution in [1.29, 1.82) is 0 Å². The van der Waals surface area contributed by atoms with E-state index in [0.717, 1.165) is 23.8 Å². The summed E-state index contributed by atoms with van der Waals surface area (Å²) in [6, 6.07) is 12.7. The van der Waals surface area contributed by atoms with Gasteiger partial charge in [-0.3, -0.25) is 0 Å². The van der Waals surface area contributed by atoms with E-state index in [1.165, 1.54) is 16.1 Å². The highest BCUT2D eigenvalue weighted by Gasteiger charge is 2.18. The molecule has 0 N–H and O–H groups in total. The number of hydrogen-bond acceptors (Lipinski definition) is 2. The summed E-state index contributed by atoms with van der Waals surface area (Å²) in [5.74, 6) is 0. The van der Waals surface area contributed by atoms with E-state index in [-0.39, 0.29) is 0 Å². The van der Waals surface area contributed by atoms with Gasteiger partial charge in [0.1, 0.15) is 0 Å². The van der Waals surface area contributed by atoms with Gasteiger partial charge < -0.3 is 4.90 Å². The Balaban J connectivity index is 1.83. The third kappa shape index (κ3) is 1.83. The lowest BCUT2D eigenvalue weighted by Crippen LogP contribution is -2.18. The van der Waals surface area contributed by atoms with Crippen molar-refractivity contribution in [2.45, 2.75) is 13.0 Å². The van der Waals surface area contributed by atoms with Crippen LogP contribution in [0.5, 0.6) is 0 Å². The van der Waals surface area contributed by atoms with Crippen LogP contribution in [0, 0.1) is 0 Å². The minimum Gasteiger partial charge on any atom is -0.366 e. The van der Waals surface area contributed by atoms with Crippen molar-refractivity contribution < 1.29 is 0 Å². The van der Waals surface area contributed by atoms with Gasteiger partial charge in [-0.1, -0.05) is 29.8 Å². The molecule has 0 amide bonds. The molecule has 1 aliphatic rings. The van der Waals surface area contributed by atoms with Gasteiger partial charge in [0.2, 0.25) is 0 Å². The molecule has 0 spiro atoms. The number of para-hydroxylation sites is 1. The molecule has 0 saturated carbocycles. The molecule has 1 aromatic carbocycles. The lowest BCUT2D eigenvalue weighted by Gasteiger charge is -2.18. The molecule has 0 radical (unpaired) electrons. The molecular weight excluding hydrogens is 238 g/mol. The summed E-state index contributed by atoms with van der Waals surface area (Å²) in [5, 5.41) is 0. The fourth-order valence-electron chi connectivity index (χ4n) is 2.20. The number of rotatable bonds is 2. The predicted octanol–water partition coefficient (Wildman–Crippen LogP) is 3.96. The van der Waals surface area contributed by atoms with Crippen LogP contribution in [-0.2, 0) is 13.0 Å². The summed E-state index contributed by atoms with van der Waals surface area (Å²) in [6.45, 7) is 2.10. The van der Waals surface area contributed by atoms with E-state index in [0.29, 0.717) is 0 Å². The van der Waals surface area contributed by atoms with E-state index in [1.807, 2.05) is 6.07 Å². The highest BCUT2D eigenvalue weighted by atomic mass is 35.5. The Kier molecular flexibility index (Phi) is 2.62. The zero-order valence-electron chi connectivity index (χ0n) is 8.82. The molecule has 82 valence electrons. The third-order valence-corrected chi connectivity index (χ3v) is 4.17. The number of nitrogens with zero attached hydrogens (tertiary/aromatic N) is 1. The molecule has 1 aliphatic heterocycles. The summed E-state index contributed by atoms with van der Waals surface area (Å²) in [6.07, 6.45) is 1.16. The van der Waals surface area contributed by atoms with E-state index in [4.69, 9.17) is 11.6 Å². The standard InChI is InChI=1S/C13H12ClNS/c14-13-6-5-11(16-13)9-15-8-7-10-3-1-2-4-12(10)15/h1-6H,7-9H2. The number of fused-ring (bicyclic) bond motifs is 1. The van der Waals surface area contributed by atoms with Crippen LogP contribution in [0.15, 0.2) is 36.4 Å². The van der Waals surface area contributed by atoms with Crippen LogP contribution < -0.4 is 4.90 Å². The number of halogens is 1. The minimum atomic E-state index is 0.877. The largest absolute Gasteiger partial charge is 0.366 e. The number of thiophene rings is 1. The molecule has 3 rings (SSSR count). The Morgan fingerprint density at radius 3 is 2.88 bits per heavy atom. The Bertz CT molecular complexity index is 506. The summed E-state index contributed by atoms with van der Waals surface area (Å²) in [5.41, 5.74) is 2.84. The Labute approximate surface area is 104 Å². The number of hydrogen-bond donors (Lipinski definition) is 0. The van der Waals surface area contributed by atoms with Crippen molar-refractivity contribution in [3.63, 3.8) is 0 Å². The van der Waals surface area contributed by atoms with Gasteiger partial charge in [0.05, 0.1) is 10.9 Å². The normalized spacial score (nSPS) is 14.2. The van der Waals surface area contributed by atoms with Crippen LogP contribution in [0.3, 0.4) is 0 Å². The maximum Gasteiger partial charge on any atom is 0.0931 e.